The number of hydrogen-bond donors (Lipinski definition) is 0. The molecule has 134 valence electrons. The Morgan fingerprint density at radius 1 is 1.12 bits per heavy atom. The van der Waals surface area contributed by atoms with Crippen molar-refractivity contribution < 1.29 is 9.53 Å². The minimum absolute atomic E-state index is 0.0491. The van der Waals surface area contributed by atoms with E-state index in [2.05, 4.69) is 20.2 Å². The van der Waals surface area contributed by atoms with E-state index in [1.807, 2.05) is 18.0 Å². The number of piperidine rings is 2. The minimum atomic E-state index is 0.0491. The molecule has 0 aliphatic carbocycles. The molecule has 0 saturated carbocycles. The van der Waals surface area contributed by atoms with E-state index >= 15 is 0 Å². The van der Waals surface area contributed by atoms with Crippen molar-refractivity contribution in [1.82, 2.24) is 29.6 Å². The van der Waals surface area contributed by atoms with Gasteiger partial charge in [0.1, 0.15) is 0 Å². The van der Waals surface area contributed by atoms with Crippen molar-refractivity contribution in [3.8, 4) is 5.88 Å². The third-order valence-corrected chi connectivity index (χ3v) is 5.44. The zero-order valence-corrected chi connectivity index (χ0v) is 14.8. The lowest BCUT2D eigenvalue weighted by Gasteiger charge is -2.40. The van der Waals surface area contributed by atoms with Crippen LogP contribution in [0.4, 0.5) is 0 Å². The lowest BCUT2D eigenvalue weighted by Crippen LogP contribution is -2.53. The van der Waals surface area contributed by atoms with Gasteiger partial charge in [0.05, 0.1) is 13.2 Å². The van der Waals surface area contributed by atoms with Gasteiger partial charge in [-0.15, -0.1) is 15.3 Å². The van der Waals surface area contributed by atoms with Crippen LogP contribution in [0.15, 0.2) is 12.1 Å². The smallest absolute Gasteiger partial charge is 0.239 e. The fourth-order valence-corrected chi connectivity index (χ4v) is 3.97. The molecule has 2 saturated heterocycles. The van der Waals surface area contributed by atoms with E-state index in [1.54, 1.807) is 17.7 Å². The van der Waals surface area contributed by atoms with Gasteiger partial charge in [-0.1, -0.05) is 0 Å². The van der Waals surface area contributed by atoms with Gasteiger partial charge in [-0.25, -0.2) is 0 Å². The van der Waals surface area contributed by atoms with Gasteiger partial charge in [-0.3, -0.25) is 9.69 Å². The zero-order valence-electron chi connectivity index (χ0n) is 14.8. The molecule has 0 N–H and O–H groups in total. The Bertz CT molecular complexity index is 768. The van der Waals surface area contributed by atoms with E-state index in [-0.39, 0.29) is 11.9 Å². The Balaban J connectivity index is 1.48. The summed E-state index contributed by atoms with van der Waals surface area (Å²) >= 11 is 0. The molecule has 2 fully saturated rings. The number of likely N-dealkylation sites (tertiary alicyclic amines) is 2. The molecule has 0 bridgehead atoms. The number of aromatic nitrogens is 4. The van der Waals surface area contributed by atoms with Crippen molar-refractivity contribution in [3.63, 3.8) is 0 Å². The molecule has 2 aromatic heterocycles. The normalized spacial score (nSPS) is 23.4. The first kappa shape index (κ1) is 16.3. The predicted octanol–water partition coefficient (Wildman–Crippen LogP) is 0.933. The van der Waals surface area contributed by atoms with Crippen molar-refractivity contribution in [2.75, 3.05) is 33.8 Å². The number of nitrogens with zero attached hydrogens (tertiary/aromatic N) is 6. The molecule has 0 radical (unpaired) electrons. The standard InChI is InChI=1S/C17H24N6O2/c1-21-9-3-4-13(17(21)24)22-10-7-12(8-11-22)16-19-18-14-5-6-15(25-2)20-23(14)16/h5-6,12-13H,3-4,7-11H2,1-2H3. The molecular formula is C17H24N6O2. The van der Waals surface area contributed by atoms with Crippen LogP contribution in [-0.4, -0.2) is 75.4 Å². The van der Waals surface area contributed by atoms with Crippen LogP contribution < -0.4 is 4.74 Å². The summed E-state index contributed by atoms with van der Waals surface area (Å²) in [6.07, 6.45) is 3.99. The SMILES string of the molecule is COc1ccc2nnc(C3CCN(C4CCCN(C)C4=O)CC3)n2n1. The zero-order chi connectivity index (χ0) is 17.4. The Kier molecular flexibility index (Phi) is 4.29. The van der Waals surface area contributed by atoms with Crippen LogP contribution in [0.1, 0.15) is 37.4 Å². The second-order valence-electron chi connectivity index (χ2n) is 6.93. The van der Waals surface area contributed by atoms with Crippen molar-refractivity contribution in [2.24, 2.45) is 0 Å². The quantitative estimate of drug-likeness (QED) is 0.825. The molecule has 1 amide bonds. The van der Waals surface area contributed by atoms with Crippen LogP contribution >= 0.6 is 0 Å². The third kappa shape index (κ3) is 2.95. The molecule has 2 aliphatic heterocycles. The molecule has 2 aliphatic rings. The number of hydrogen-bond acceptors (Lipinski definition) is 6. The van der Waals surface area contributed by atoms with E-state index in [0.717, 1.165) is 56.8 Å². The van der Waals surface area contributed by atoms with Crippen LogP contribution in [0.25, 0.3) is 5.65 Å². The largest absolute Gasteiger partial charge is 0.480 e. The number of ether oxygens (including phenoxy) is 1. The molecule has 1 unspecified atom stereocenters. The fraction of sp³-hybridized carbons (Fsp3) is 0.647. The average Bonchev–Trinajstić information content (AvgIpc) is 3.07. The molecule has 8 heteroatoms. The Labute approximate surface area is 146 Å². The predicted molar refractivity (Wildman–Crippen MR) is 91.5 cm³/mol. The number of rotatable bonds is 3. The highest BCUT2D eigenvalue weighted by Gasteiger charge is 2.35. The van der Waals surface area contributed by atoms with Crippen LogP contribution in [0.2, 0.25) is 0 Å². The van der Waals surface area contributed by atoms with Gasteiger partial charge in [0.2, 0.25) is 11.8 Å². The first-order valence-electron chi connectivity index (χ1n) is 8.93. The molecule has 0 aromatic carbocycles. The van der Waals surface area contributed by atoms with E-state index in [1.165, 1.54) is 0 Å². The van der Waals surface area contributed by atoms with Gasteiger partial charge in [0.15, 0.2) is 11.5 Å². The molecule has 8 nitrogen and oxygen atoms in total. The Morgan fingerprint density at radius 2 is 1.92 bits per heavy atom. The van der Waals surface area contributed by atoms with E-state index in [9.17, 15) is 4.79 Å². The maximum Gasteiger partial charge on any atom is 0.239 e. The van der Waals surface area contributed by atoms with Crippen LogP contribution in [0, 0.1) is 0 Å². The molecule has 2 aromatic rings. The van der Waals surface area contributed by atoms with Crippen LogP contribution in [-0.2, 0) is 4.79 Å². The summed E-state index contributed by atoms with van der Waals surface area (Å²) in [6, 6.07) is 3.71. The summed E-state index contributed by atoms with van der Waals surface area (Å²) in [7, 11) is 3.51. The lowest BCUT2D eigenvalue weighted by atomic mass is 9.93. The number of likely N-dealkylation sites (N-methyl/N-ethyl adjacent to an activating group) is 1. The highest BCUT2D eigenvalue weighted by Crippen LogP contribution is 2.29. The number of amides is 1. The first-order valence-corrected chi connectivity index (χ1v) is 8.93. The van der Waals surface area contributed by atoms with Crippen molar-refractivity contribution in [2.45, 2.75) is 37.6 Å². The number of carbonyl (C=O) groups excluding carboxylic acids is 1. The van der Waals surface area contributed by atoms with Gasteiger partial charge in [0, 0.05) is 25.6 Å². The van der Waals surface area contributed by atoms with Gasteiger partial charge in [-0.05, 0) is 44.8 Å². The lowest BCUT2D eigenvalue weighted by molar-refractivity contribution is -0.139. The van der Waals surface area contributed by atoms with Gasteiger partial charge in [0.25, 0.3) is 0 Å². The molecule has 25 heavy (non-hydrogen) atoms. The summed E-state index contributed by atoms with van der Waals surface area (Å²) in [5.74, 6) is 2.02. The third-order valence-electron chi connectivity index (χ3n) is 5.44. The molecule has 0 spiro atoms. The summed E-state index contributed by atoms with van der Waals surface area (Å²) < 4.78 is 7.00. The van der Waals surface area contributed by atoms with E-state index < -0.39 is 0 Å². The summed E-state index contributed by atoms with van der Waals surface area (Å²) in [5.41, 5.74) is 0.738. The number of methoxy groups -OCH3 is 1. The highest BCUT2D eigenvalue weighted by atomic mass is 16.5. The monoisotopic (exact) mass is 344 g/mol. The number of carbonyl (C=O) groups is 1. The maximum absolute atomic E-state index is 12.4. The molecule has 1 atom stereocenters. The van der Waals surface area contributed by atoms with Gasteiger partial charge < -0.3 is 9.64 Å². The summed E-state index contributed by atoms with van der Waals surface area (Å²) in [5, 5.41) is 13.0. The van der Waals surface area contributed by atoms with Gasteiger partial charge in [-0.2, -0.15) is 4.52 Å². The summed E-state index contributed by atoms with van der Waals surface area (Å²) in [6.45, 7) is 2.70. The Morgan fingerprint density at radius 3 is 2.68 bits per heavy atom. The highest BCUT2D eigenvalue weighted by molar-refractivity contribution is 5.82. The van der Waals surface area contributed by atoms with Crippen LogP contribution in [0.5, 0.6) is 5.88 Å². The van der Waals surface area contributed by atoms with Crippen LogP contribution in [0.3, 0.4) is 0 Å². The van der Waals surface area contributed by atoms with E-state index in [0.29, 0.717) is 11.8 Å². The maximum atomic E-state index is 12.4. The molecular weight excluding hydrogens is 320 g/mol. The molecule has 4 heterocycles. The van der Waals surface area contributed by atoms with Gasteiger partial charge >= 0.3 is 0 Å². The summed E-state index contributed by atoms with van der Waals surface area (Å²) in [4.78, 5) is 16.6. The fourth-order valence-electron chi connectivity index (χ4n) is 3.97. The second kappa shape index (κ2) is 6.59. The average molecular weight is 344 g/mol. The minimum Gasteiger partial charge on any atom is -0.480 e. The van der Waals surface area contributed by atoms with Crippen molar-refractivity contribution >= 4 is 11.6 Å². The van der Waals surface area contributed by atoms with Crippen molar-refractivity contribution in [1.29, 1.82) is 0 Å². The first-order chi connectivity index (χ1) is 12.2. The second-order valence-corrected chi connectivity index (χ2v) is 6.93. The van der Waals surface area contributed by atoms with E-state index in [4.69, 9.17) is 4.74 Å². The Hall–Kier alpha value is -2.22. The number of fused-ring (bicyclic) bond motifs is 1. The topological polar surface area (TPSA) is 75.9 Å². The molecule has 4 rings (SSSR count). The van der Waals surface area contributed by atoms with Crippen molar-refractivity contribution in [3.05, 3.63) is 18.0 Å².